The molecule has 0 saturated carbocycles. The number of ether oxygens (including phenoxy) is 2. The molecule has 2 aromatic rings. The molecule has 0 unspecified atom stereocenters. The average molecular weight is 383 g/mol. The number of methoxy groups -OCH3 is 2. The Morgan fingerprint density at radius 2 is 1.61 bits per heavy atom. The first-order valence-corrected chi connectivity index (χ1v) is 8.81. The molecular weight excluding hydrogens is 358 g/mol. The van der Waals surface area contributed by atoms with Gasteiger partial charge in [0.1, 0.15) is 0 Å². The minimum Gasteiger partial charge on any atom is -0.493 e. The van der Waals surface area contributed by atoms with E-state index >= 15 is 0 Å². The van der Waals surface area contributed by atoms with Gasteiger partial charge in [-0.15, -0.1) is 0 Å². The van der Waals surface area contributed by atoms with Crippen LogP contribution in [0.15, 0.2) is 48.5 Å². The number of anilines is 2. The predicted molar refractivity (Wildman–Crippen MR) is 111 cm³/mol. The lowest BCUT2D eigenvalue weighted by Gasteiger charge is -2.13. The first-order valence-electron chi connectivity index (χ1n) is 8.81. The Kier molecular flexibility index (Phi) is 7.45. The number of carbonyl (C=O) groups is 2. The number of para-hydroxylation sites is 3. The molecule has 0 fully saturated rings. The minimum absolute atomic E-state index is 0.00234. The first kappa shape index (κ1) is 20.8. The Morgan fingerprint density at radius 1 is 0.929 bits per heavy atom. The normalized spacial score (nSPS) is 10.6. The third-order valence-electron chi connectivity index (χ3n) is 3.70. The van der Waals surface area contributed by atoms with Crippen LogP contribution < -0.4 is 25.4 Å². The fourth-order valence-corrected chi connectivity index (χ4v) is 2.50. The van der Waals surface area contributed by atoms with E-state index in [1.165, 1.54) is 6.08 Å². The summed E-state index contributed by atoms with van der Waals surface area (Å²) in [6.45, 7) is 3.73. The molecule has 3 amide bonds. The summed E-state index contributed by atoms with van der Waals surface area (Å²) in [5.74, 6) is 0.778. The molecule has 2 aromatic carbocycles. The van der Waals surface area contributed by atoms with Gasteiger partial charge in [-0.1, -0.05) is 24.3 Å². The molecule has 7 nitrogen and oxygen atoms in total. The zero-order valence-electron chi connectivity index (χ0n) is 16.4. The van der Waals surface area contributed by atoms with Crippen LogP contribution in [0.25, 0.3) is 6.08 Å². The highest BCUT2D eigenvalue weighted by atomic mass is 16.5. The summed E-state index contributed by atoms with van der Waals surface area (Å²) in [5, 5.41) is 8.23. The van der Waals surface area contributed by atoms with Crippen molar-refractivity contribution in [2.24, 2.45) is 0 Å². The second-order valence-electron chi connectivity index (χ2n) is 6.20. The van der Waals surface area contributed by atoms with Crippen LogP contribution in [0.2, 0.25) is 0 Å². The third-order valence-corrected chi connectivity index (χ3v) is 3.70. The number of rotatable bonds is 7. The molecule has 7 heteroatoms. The van der Waals surface area contributed by atoms with E-state index in [2.05, 4.69) is 16.0 Å². The van der Waals surface area contributed by atoms with Crippen LogP contribution in [0.4, 0.5) is 16.2 Å². The lowest BCUT2D eigenvalue weighted by Crippen LogP contribution is -2.34. The number of carbonyl (C=O) groups excluding carboxylic acids is 2. The Balaban J connectivity index is 2.12. The summed E-state index contributed by atoms with van der Waals surface area (Å²) in [6, 6.07) is 12.0. The summed E-state index contributed by atoms with van der Waals surface area (Å²) in [5.41, 5.74) is 1.70. The van der Waals surface area contributed by atoms with Gasteiger partial charge in [-0.25, -0.2) is 4.79 Å². The highest BCUT2D eigenvalue weighted by Crippen LogP contribution is 2.31. The van der Waals surface area contributed by atoms with Gasteiger partial charge in [0, 0.05) is 17.7 Å². The predicted octanol–water partition coefficient (Wildman–Crippen LogP) is 3.89. The average Bonchev–Trinajstić information content (AvgIpc) is 2.66. The maximum absolute atomic E-state index is 12.4. The van der Waals surface area contributed by atoms with Crippen molar-refractivity contribution < 1.29 is 19.1 Å². The molecule has 0 aromatic heterocycles. The van der Waals surface area contributed by atoms with Crippen LogP contribution in [0.1, 0.15) is 19.4 Å². The molecule has 2 rings (SSSR count). The number of urea groups is 1. The van der Waals surface area contributed by atoms with Crippen molar-refractivity contribution >= 4 is 29.4 Å². The van der Waals surface area contributed by atoms with Crippen LogP contribution in [0.5, 0.6) is 11.5 Å². The quantitative estimate of drug-likeness (QED) is 0.633. The molecule has 0 bridgehead atoms. The Labute approximate surface area is 164 Å². The molecule has 0 heterocycles. The summed E-state index contributed by atoms with van der Waals surface area (Å²) >= 11 is 0. The summed E-state index contributed by atoms with van der Waals surface area (Å²) in [7, 11) is 3.09. The van der Waals surface area contributed by atoms with Gasteiger partial charge < -0.3 is 25.4 Å². The maximum atomic E-state index is 12.4. The number of amides is 3. The largest absolute Gasteiger partial charge is 0.493 e. The lowest BCUT2D eigenvalue weighted by atomic mass is 10.1. The van der Waals surface area contributed by atoms with Crippen LogP contribution in [0.3, 0.4) is 0 Å². The molecule has 0 aliphatic rings. The van der Waals surface area contributed by atoms with Gasteiger partial charge in [0.2, 0.25) is 5.91 Å². The van der Waals surface area contributed by atoms with E-state index in [9.17, 15) is 9.59 Å². The van der Waals surface area contributed by atoms with Gasteiger partial charge >= 0.3 is 6.03 Å². The lowest BCUT2D eigenvalue weighted by molar-refractivity contribution is -0.111. The zero-order valence-corrected chi connectivity index (χ0v) is 16.4. The van der Waals surface area contributed by atoms with Crippen LogP contribution in [-0.4, -0.2) is 32.2 Å². The van der Waals surface area contributed by atoms with E-state index < -0.39 is 0 Å². The molecule has 0 saturated heterocycles. The van der Waals surface area contributed by atoms with Crippen molar-refractivity contribution in [3.63, 3.8) is 0 Å². The van der Waals surface area contributed by atoms with Gasteiger partial charge in [-0.05, 0) is 38.1 Å². The van der Waals surface area contributed by atoms with Gasteiger partial charge in [0.05, 0.1) is 25.6 Å². The molecular formula is C21H25N3O4. The topological polar surface area (TPSA) is 88.7 Å². The first-order chi connectivity index (χ1) is 13.4. The second kappa shape index (κ2) is 10.0. The highest BCUT2D eigenvalue weighted by Gasteiger charge is 2.10. The Morgan fingerprint density at radius 3 is 2.21 bits per heavy atom. The fourth-order valence-electron chi connectivity index (χ4n) is 2.50. The highest BCUT2D eigenvalue weighted by molar-refractivity contribution is 6.05. The van der Waals surface area contributed by atoms with Gasteiger partial charge in [-0.2, -0.15) is 0 Å². The van der Waals surface area contributed by atoms with Crippen molar-refractivity contribution in [1.82, 2.24) is 5.32 Å². The van der Waals surface area contributed by atoms with Crippen LogP contribution in [-0.2, 0) is 4.79 Å². The van der Waals surface area contributed by atoms with Crippen molar-refractivity contribution in [2.45, 2.75) is 19.9 Å². The molecule has 0 aliphatic carbocycles. The number of hydrogen-bond donors (Lipinski definition) is 3. The summed E-state index contributed by atoms with van der Waals surface area (Å²) in [6.07, 6.45) is 3.03. The Bertz CT molecular complexity index is 862. The fraction of sp³-hybridized carbons (Fsp3) is 0.238. The molecule has 3 N–H and O–H groups in total. The number of benzene rings is 2. The third kappa shape index (κ3) is 5.77. The van der Waals surface area contributed by atoms with Crippen molar-refractivity contribution in [1.29, 1.82) is 0 Å². The molecule has 0 atom stereocenters. The monoisotopic (exact) mass is 383 g/mol. The number of hydrogen-bond acceptors (Lipinski definition) is 4. The molecule has 0 radical (unpaired) electrons. The van der Waals surface area contributed by atoms with E-state index in [-0.39, 0.29) is 18.0 Å². The van der Waals surface area contributed by atoms with Crippen molar-refractivity contribution in [2.75, 3.05) is 24.9 Å². The molecule has 0 spiro atoms. The number of nitrogens with one attached hydrogen (secondary N) is 3. The minimum atomic E-state index is -0.344. The van der Waals surface area contributed by atoms with Crippen LogP contribution >= 0.6 is 0 Å². The van der Waals surface area contributed by atoms with Gasteiger partial charge in [-0.3, -0.25) is 4.79 Å². The molecule has 148 valence electrons. The van der Waals surface area contributed by atoms with Crippen LogP contribution in [0, 0.1) is 0 Å². The smallest absolute Gasteiger partial charge is 0.319 e. The van der Waals surface area contributed by atoms with Crippen molar-refractivity contribution in [3.05, 3.63) is 54.1 Å². The summed E-state index contributed by atoms with van der Waals surface area (Å²) < 4.78 is 10.6. The standard InChI is InChI=1S/C21H25N3O4/c1-14(2)22-21(26)24-17-10-6-5-9-16(17)23-19(25)13-12-15-8-7-11-18(27-3)20(15)28-4/h5-14H,1-4H3,(H,23,25)(H2,22,24,26)/b13-12+. The molecule has 28 heavy (non-hydrogen) atoms. The van der Waals surface area contributed by atoms with E-state index in [4.69, 9.17) is 9.47 Å². The maximum Gasteiger partial charge on any atom is 0.319 e. The van der Waals surface area contributed by atoms with E-state index in [1.54, 1.807) is 50.6 Å². The van der Waals surface area contributed by atoms with Crippen molar-refractivity contribution in [3.8, 4) is 11.5 Å². The summed E-state index contributed by atoms with van der Waals surface area (Å²) in [4.78, 5) is 24.3. The Hall–Kier alpha value is -3.48. The second-order valence-corrected chi connectivity index (χ2v) is 6.20. The zero-order chi connectivity index (χ0) is 20.5. The van der Waals surface area contributed by atoms with E-state index in [0.29, 0.717) is 28.4 Å². The van der Waals surface area contributed by atoms with Gasteiger partial charge in [0.15, 0.2) is 11.5 Å². The SMILES string of the molecule is COc1cccc(/C=C/C(=O)Nc2ccccc2NC(=O)NC(C)C)c1OC. The van der Waals surface area contributed by atoms with E-state index in [1.807, 2.05) is 26.0 Å². The van der Waals surface area contributed by atoms with E-state index in [0.717, 1.165) is 0 Å². The molecule has 0 aliphatic heterocycles. The van der Waals surface area contributed by atoms with Gasteiger partial charge in [0.25, 0.3) is 0 Å².